The maximum atomic E-state index is 13.1. The monoisotopic (exact) mass is 313 g/mol. The normalized spacial score (nSPS) is 19.9. The topological polar surface area (TPSA) is 20.3 Å². The van der Waals surface area contributed by atoms with Crippen molar-refractivity contribution in [3.63, 3.8) is 0 Å². The van der Waals surface area contributed by atoms with Crippen molar-refractivity contribution in [1.82, 2.24) is 4.90 Å². The second-order valence-corrected chi connectivity index (χ2v) is 6.09. The second-order valence-electron chi connectivity index (χ2n) is 5.23. The van der Waals surface area contributed by atoms with Crippen LogP contribution in [0.4, 0.5) is 4.39 Å². The molecule has 2 nitrogen and oxygen atoms in total. The Bertz CT molecular complexity index is 461. The zero-order valence-electron chi connectivity index (χ0n) is 10.6. The Morgan fingerprint density at radius 1 is 1.50 bits per heavy atom. The number of amides is 1. The Kier molecular flexibility index (Phi) is 4.05. The highest BCUT2D eigenvalue weighted by Crippen LogP contribution is 2.26. The van der Waals surface area contributed by atoms with Crippen LogP contribution in [0.15, 0.2) is 22.7 Å². The van der Waals surface area contributed by atoms with E-state index >= 15 is 0 Å². The van der Waals surface area contributed by atoms with E-state index in [4.69, 9.17) is 0 Å². The van der Waals surface area contributed by atoms with Gasteiger partial charge in [-0.15, -0.1) is 0 Å². The number of carbonyl (C=O) groups is 1. The van der Waals surface area contributed by atoms with Crippen molar-refractivity contribution in [3.05, 3.63) is 34.1 Å². The summed E-state index contributed by atoms with van der Waals surface area (Å²) in [6, 6.07) is 4.90. The molecule has 0 radical (unpaired) electrons. The summed E-state index contributed by atoms with van der Waals surface area (Å²) in [5.74, 6) is 0.904. The summed E-state index contributed by atoms with van der Waals surface area (Å²) in [4.78, 5) is 13.8. The molecule has 1 aromatic rings. The minimum atomic E-state index is -0.272. The Labute approximate surface area is 115 Å². The molecule has 4 heteroatoms. The van der Waals surface area contributed by atoms with Crippen LogP contribution in [0.25, 0.3) is 0 Å². The molecular formula is C14H17BrFNO. The summed E-state index contributed by atoms with van der Waals surface area (Å²) < 4.78 is 13.6. The molecule has 98 valence electrons. The van der Waals surface area contributed by atoms with Crippen LogP contribution in [0.5, 0.6) is 0 Å². The molecule has 1 atom stereocenters. The molecule has 0 aliphatic carbocycles. The van der Waals surface area contributed by atoms with E-state index in [1.165, 1.54) is 6.07 Å². The molecule has 1 unspecified atom stereocenters. The molecular weight excluding hydrogens is 297 g/mol. The predicted molar refractivity (Wildman–Crippen MR) is 72.5 cm³/mol. The summed E-state index contributed by atoms with van der Waals surface area (Å²) in [5, 5.41) is 0. The van der Waals surface area contributed by atoms with Crippen LogP contribution >= 0.6 is 15.9 Å². The molecule has 2 rings (SSSR count). The smallest absolute Gasteiger partial charge is 0.223 e. The van der Waals surface area contributed by atoms with Crippen molar-refractivity contribution >= 4 is 21.8 Å². The number of hydrogen-bond acceptors (Lipinski definition) is 1. The van der Waals surface area contributed by atoms with Gasteiger partial charge in [-0.3, -0.25) is 4.79 Å². The SMILES string of the molecule is CC(C)C1CC(=O)N(Cc2ccc(F)c(Br)c2)C1. The molecule has 1 heterocycles. The van der Waals surface area contributed by atoms with Gasteiger partial charge >= 0.3 is 0 Å². The van der Waals surface area contributed by atoms with Crippen LogP contribution in [0.2, 0.25) is 0 Å². The third kappa shape index (κ3) is 2.91. The first kappa shape index (κ1) is 13.5. The fourth-order valence-corrected chi connectivity index (χ4v) is 2.69. The third-order valence-corrected chi connectivity index (χ3v) is 4.15. The minimum Gasteiger partial charge on any atom is -0.338 e. The number of rotatable bonds is 3. The number of halogens is 2. The van der Waals surface area contributed by atoms with Gasteiger partial charge in [0.25, 0.3) is 0 Å². The summed E-state index contributed by atoms with van der Waals surface area (Å²) in [7, 11) is 0. The first-order chi connectivity index (χ1) is 8.47. The first-order valence-electron chi connectivity index (χ1n) is 6.19. The maximum Gasteiger partial charge on any atom is 0.223 e. The average Bonchev–Trinajstić information content (AvgIpc) is 2.66. The molecule has 0 spiro atoms. The number of benzene rings is 1. The van der Waals surface area contributed by atoms with Gasteiger partial charge in [-0.1, -0.05) is 19.9 Å². The van der Waals surface area contributed by atoms with Crippen LogP contribution in [0, 0.1) is 17.7 Å². The number of likely N-dealkylation sites (tertiary alicyclic amines) is 1. The van der Waals surface area contributed by atoms with Crippen LogP contribution in [0.3, 0.4) is 0 Å². The molecule has 0 N–H and O–H groups in total. The van der Waals surface area contributed by atoms with Crippen molar-refractivity contribution in [3.8, 4) is 0 Å². The van der Waals surface area contributed by atoms with E-state index in [0.717, 1.165) is 12.1 Å². The zero-order chi connectivity index (χ0) is 13.3. The van der Waals surface area contributed by atoms with E-state index in [-0.39, 0.29) is 11.7 Å². The molecule has 1 amide bonds. The van der Waals surface area contributed by atoms with Crippen LogP contribution in [0.1, 0.15) is 25.8 Å². The average molecular weight is 314 g/mol. The summed E-state index contributed by atoms with van der Waals surface area (Å²) in [6.07, 6.45) is 0.639. The largest absolute Gasteiger partial charge is 0.338 e. The van der Waals surface area contributed by atoms with Gasteiger partial charge in [0.2, 0.25) is 5.91 Å². The van der Waals surface area contributed by atoms with Gasteiger partial charge in [-0.25, -0.2) is 4.39 Å². The molecule has 1 saturated heterocycles. The number of nitrogens with zero attached hydrogens (tertiary/aromatic N) is 1. The van der Waals surface area contributed by atoms with Crippen molar-refractivity contribution in [2.45, 2.75) is 26.8 Å². The van der Waals surface area contributed by atoms with E-state index in [2.05, 4.69) is 29.8 Å². The molecule has 1 fully saturated rings. The van der Waals surface area contributed by atoms with Crippen LogP contribution in [-0.2, 0) is 11.3 Å². The minimum absolute atomic E-state index is 0.203. The van der Waals surface area contributed by atoms with Crippen LogP contribution in [-0.4, -0.2) is 17.4 Å². The van der Waals surface area contributed by atoms with Crippen molar-refractivity contribution in [1.29, 1.82) is 0 Å². The van der Waals surface area contributed by atoms with E-state index < -0.39 is 0 Å². The Hall–Kier alpha value is -0.900. The van der Waals surface area contributed by atoms with Gasteiger partial charge in [0.15, 0.2) is 0 Å². The van der Waals surface area contributed by atoms with Gasteiger partial charge in [0.1, 0.15) is 5.82 Å². The van der Waals surface area contributed by atoms with Gasteiger partial charge in [-0.2, -0.15) is 0 Å². The lowest BCUT2D eigenvalue weighted by Crippen LogP contribution is -2.25. The van der Waals surface area contributed by atoms with Gasteiger partial charge in [0, 0.05) is 19.5 Å². The fourth-order valence-electron chi connectivity index (χ4n) is 2.26. The standard InChI is InChI=1S/C14H17BrFNO/c1-9(2)11-6-14(18)17(8-11)7-10-3-4-13(16)12(15)5-10/h3-5,9,11H,6-8H2,1-2H3. The van der Waals surface area contributed by atoms with E-state index in [1.807, 2.05) is 4.90 Å². The predicted octanol–water partition coefficient (Wildman–Crippen LogP) is 3.59. The van der Waals surface area contributed by atoms with Gasteiger partial charge < -0.3 is 4.90 Å². The van der Waals surface area contributed by atoms with Crippen molar-refractivity contribution in [2.75, 3.05) is 6.54 Å². The van der Waals surface area contributed by atoms with E-state index in [0.29, 0.717) is 29.3 Å². The summed E-state index contributed by atoms with van der Waals surface area (Å²) in [5.41, 5.74) is 0.959. The summed E-state index contributed by atoms with van der Waals surface area (Å²) in [6.45, 7) is 5.68. The lowest BCUT2D eigenvalue weighted by atomic mass is 9.95. The highest BCUT2D eigenvalue weighted by Gasteiger charge is 2.31. The third-order valence-electron chi connectivity index (χ3n) is 3.54. The highest BCUT2D eigenvalue weighted by atomic mass is 79.9. The fraction of sp³-hybridized carbons (Fsp3) is 0.500. The molecule has 0 saturated carbocycles. The molecule has 0 aromatic heterocycles. The molecule has 0 bridgehead atoms. The Morgan fingerprint density at radius 3 is 2.78 bits per heavy atom. The lowest BCUT2D eigenvalue weighted by molar-refractivity contribution is -0.128. The Morgan fingerprint density at radius 2 is 2.22 bits per heavy atom. The summed E-state index contributed by atoms with van der Waals surface area (Å²) >= 11 is 3.17. The van der Waals surface area contributed by atoms with Gasteiger partial charge in [-0.05, 0) is 45.5 Å². The Balaban J connectivity index is 2.05. The van der Waals surface area contributed by atoms with Crippen molar-refractivity contribution < 1.29 is 9.18 Å². The maximum absolute atomic E-state index is 13.1. The molecule has 1 aliphatic rings. The lowest BCUT2D eigenvalue weighted by Gasteiger charge is -2.18. The van der Waals surface area contributed by atoms with Crippen molar-refractivity contribution in [2.24, 2.45) is 11.8 Å². The quantitative estimate of drug-likeness (QED) is 0.835. The molecule has 1 aromatic carbocycles. The van der Waals surface area contributed by atoms with Gasteiger partial charge in [0.05, 0.1) is 4.47 Å². The zero-order valence-corrected chi connectivity index (χ0v) is 12.2. The number of hydrogen-bond donors (Lipinski definition) is 0. The molecule has 18 heavy (non-hydrogen) atoms. The second kappa shape index (κ2) is 5.39. The van der Waals surface area contributed by atoms with E-state index in [1.54, 1.807) is 12.1 Å². The number of carbonyl (C=O) groups excluding carboxylic acids is 1. The first-order valence-corrected chi connectivity index (χ1v) is 6.98. The van der Waals surface area contributed by atoms with E-state index in [9.17, 15) is 9.18 Å². The highest BCUT2D eigenvalue weighted by molar-refractivity contribution is 9.10. The molecule has 1 aliphatic heterocycles. The van der Waals surface area contributed by atoms with Crippen LogP contribution < -0.4 is 0 Å².